The van der Waals surface area contributed by atoms with Gasteiger partial charge in [-0.25, -0.2) is 4.72 Å². The van der Waals surface area contributed by atoms with Gasteiger partial charge in [-0.1, -0.05) is 6.42 Å². The summed E-state index contributed by atoms with van der Waals surface area (Å²) < 4.78 is 28.6. The average Bonchev–Trinajstić information content (AvgIpc) is 2.44. The Morgan fingerprint density at radius 3 is 2.50 bits per heavy atom. The van der Waals surface area contributed by atoms with E-state index in [9.17, 15) is 8.42 Å². The summed E-state index contributed by atoms with van der Waals surface area (Å²) in [5, 5.41) is 3.16. The first-order valence-corrected chi connectivity index (χ1v) is 10.3. The van der Waals surface area contributed by atoms with Crippen LogP contribution in [0.5, 0.6) is 0 Å². The van der Waals surface area contributed by atoms with Gasteiger partial charge in [-0.3, -0.25) is 0 Å². The molecular weight excluding hydrogens is 294 g/mol. The molecule has 2 N–H and O–H groups in total. The molecule has 1 fully saturated rings. The molecule has 0 spiro atoms. The van der Waals surface area contributed by atoms with E-state index in [1.807, 2.05) is 18.8 Å². The number of thioether (sulfide) groups is 1. The molecule has 0 aromatic rings. The molecule has 0 unspecified atom stereocenters. The van der Waals surface area contributed by atoms with Crippen LogP contribution in [-0.2, 0) is 10.2 Å². The fourth-order valence-corrected chi connectivity index (χ4v) is 4.25. The Balaban J connectivity index is 2.21. The van der Waals surface area contributed by atoms with Crippen LogP contribution in [0, 0.1) is 5.92 Å². The van der Waals surface area contributed by atoms with E-state index in [1.54, 1.807) is 4.31 Å². The summed E-state index contributed by atoms with van der Waals surface area (Å²) in [6, 6.07) is 0. The van der Waals surface area contributed by atoms with Gasteiger partial charge in [0.25, 0.3) is 10.2 Å². The van der Waals surface area contributed by atoms with Crippen molar-refractivity contribution >= 4 is 22.0 Å². The highest BCUT2D eigenvalue weighted by molar-refractivity contribution is 7.98. The van der Waals surface area contributed by atoms with Crippen molar-refractivity contribution in [1.82, 2.24) is 14.3 Å². The highest BCUT2D eigenvalue weighted by atomic mass is 32.2. The molecule has 20 heavy (non-hydrogen) atoms. The molecular formula is C13H29N3O2S2. The molecule has 0 aliphatic carbocycles. The van der Waals surface area contributed by atoms with Crippen LogP contribution in [0.4, 0.5) is 0 Å². The van der Waals surface area contributed by atoms with Crippen molar-refractivity contribution in [2.45, 2.75) is 32.1 Å². The van der Waals surface area contributed by atoms with Gasteiger partial charge in [-0.15, -0.1) is 0 Å². The van der Waals surface area contributed by atoms with E-state index in [0.29, 0.717) is 25.6 Å². The molecule has 7 heteroatoms. The first kappa shape index (κ1) is 18.2. The SMILES string of the molecule is CNCC1CCN(S(=O)(=O)NCCCCCSC)CC1. The minimum absolute atomic E-state index is 0.563. The summed E-state index contributed by atoms with van der Waals surface area (Å²) in [5.41, 5.74) is 0. The van der Waals surface area contributed by atoms with E-state index in [-0.39, 0.29) is 0 Å². The maximum Gasteiger partial charge on any atom is 0.279 e. The molecule has 120 valence electrons. The number of hydrogen-bond donors (Lipinski definition) is 2. The predicted molar refractivity (Wildman–Crippen MR) is 87.4 cm³/mol. The van der Waals surface area contributed by atoms with E-state index < -0.39 is 10.2 Å². The summed E-state index contributed by atoms with van der Waals surface area (Å²) in [7, 11) is -1.31. The Morgan fingerprint density at radius 2 is 1.90 bits per heavy atom. The maximum atomic E-state index is 12.1. The highest BCUT2D eigenvalue weighted by Gasteiger charge is 2.27. The number of hydrogen-bond acceptors (Lipinski definition) is 4. The van der Waals surface area contributed by atoms with Crippen LogP contribution in [0.25, 0.3) is 0 Å². The quantitative estimate of drug-likeness (QED) is 0.595. The minimum Gasteiger partial charge on any atom is -0.319 e. The molecule has 0 aromatic heterocycles. The minimum atomic E-state index is -3.26. The smallest absolute Gasteiger partial charge is 0.279 e. The molecule has 1 aliphatic heterocycles. The molecule has 0 bridgehead atoms. The van der Waals surface area contributed by atoms with E-state index in [4.69, 9.17) is 0 Å². The fourth-order valence-electron chi connectivity index (χ4n) is 2.48. The summed E-state index contributed by atoms with van der Waals surface area (Å²) >= 11 is 1.84. The van der Waals surface area contributed by atoms with Crippen molar-refractivity contribution < 1.29 is 8.42 Å². The van der Waals surface area contributed by atoms with Gasteiger partial charge in [-0.05, 0) is 57.2 Å². The summed E-state index contributed by atoms with van der Waals surface area (Å²) in [6.07, 6.45) is 7.19. The second-order valence-corrected chi connectivity index (χ2v) is 8.09. The Morgan fingerprint density at radius 1 is 1.20 bits per heavy atom. The molecule has 5 nitrogen and oxygen atoms in total. The number of piperidine rings is 1. The van der Waals surface area contributed by atoms with Crippen LogP contribution in [0.2, 0.25) is 0 Å². The third-order valence-electron chi connectivity index (χ3n) is 3.72. The molecule has 0 saturated carbocycles. The van der Waals surface area contributed by atoms with E-state index in [2.05, 4.69) is 16.3 Å². The van der Waals surface area contributed by atoms with Gasteiger partial charge in [0.2, 0.25) is 0 Å². The second kappa shape index (κ2) is 10.00. The van der Waals surface area contributed by atoms with Crippen LogP contribution in [0.3, 0.4) is 0 Å². The average molecular weight is 324 g/mol. The fraction of sp³-hybridized carbons (Fsp3) is 1.00. The zero-order valence-corrected chi connectivity index (χ0v) is 14.4. The lowest BCUT2D eigenvalue weighted by atomic mass is 9.98. The van der Waals surface area contributed by atoms with Gasteiger partial charge in [-0.2, -0.15) is 24.5 Å². The Bertz CT molecular complexity index is 342. The van der Waals surface area contributed by atoms with E-state index in [1.165, 1.54) is 0 Å². The van der Waals surface area contributed by atoms with Crippen LogP contribution in [0.1, 0.15) is 32.1 Å². The lowest BCUT2D eigenvalue weighted by Crippen LogP contribution is -2.46. The molecule has 0 aromatic carbocycles. The predicted octanol–water partition coefficient (Wildman–Crippen LogP) is 1.29. The molecule has 1 heterocycles. The van der Waals surface area contributed by atoms with Gasteiger partial charge in [0, 0.05) is 19.6 Å². The number of nitrogens with one attached hydrogen (secondary N) is 2. The van der Waals surface area contributed by atoms with Crippen molar-refractivity contribution in [2.24, 2.45) is 5.92 Å². The topological polar surface area (TPSA) is 61.4 Å². The first-order chi connectivity index (χ1) is 9.60. The lowest BCUT2D eigenvalue weighted by molar-refractivity contribution is 0.268. The zero-order chi connectivity index (χ0) is 14.8. The third kappa shape index (κ3) is 6.76. The molecule has 1 saturated heterocycles. The van der Waals surface area contributed by atoms with Crippen molar-refractivity contribution in [2.75, 3.05) is 45.2 Å². The maximum absolute atomic E-state index is 12.1. The third-order valence-corrected chi connectivity index (χ3v) is 6.03. The van der Waals surface area contributed by atoms with E-state index in [0.717, 1.165) is 44.4 Å². The Labute approximate surface area is 128 Å². The summed E-state index contributed by atoms with van der Waals surface area (Å²) in [6.45, 7) is 2.84. The Hall–Kier alpha value is 0.180. The van der Waals surface area contributed by atoms with Gasteiger partial charge >= 0.3 is 0 Å². The van der Waals surface area contributed by atoms with Gasteiger partial charge in [0.15, 0.2) is 0 Å². The zero-order valence-electron chi connectivity index (χ0n) is 12.7. The van der Waals surface area contributed by atoms with Gasteiger partial charge < -0.3 is 5.32 Å². The lowest BCUT2D eigenvalue weighted by Gasteiger charge is -2.31. The molecule has 0 atom stereocenters. The largest absolute Gasteiger partial charge is 0.319 e. The van der Waals surface area contributed by atoms with Crippen molar-refractivity contribution in [1.29, 1.82) is 0 Å². The normalized spacial score (nSPS) is 18.5. The second-order valence-electron chi connectivity index (χ2n) is 5.35. The van der Waals surface area contributed by atoms with Crippen LogP contribution < -0.4 is 10.0 Å². The van der Waals surface area contributed by atoms with Crippen LogP contribution >= 0.6 is 11.8 Å². The Kier molecular flexibility index (Phi) is 9.11. The molecule has 0 radical (unpaired) electrons. The highest BCUT2D eigenvalue weighted by Crippen LogP contribution is 2.18. The number of nitrogens with zero attached hydrogens (tertiary/aromatic N) is 1. The van der Waals surface area contributed by atoms with Crippen molar-refractivity contribution in [3.63, 3.8) is 0 Å². The van der Waals surface area contributed by atoms with Gasteiger partial charge in [0.05, 0.1) is 0 Å². The molecule has 0 amide bonds. The van der Waals surface area contributed by atoms with Crippen molar-refractivity contribution in [3.05, 3.63) is 0 Å². The van der Waals surface area contributed by atoms with Crippen molar-refractivity contribution in [3.8, 4) is 0 Å². The molecule has 1 rings (SSSR count). The van der Waals surface area contributed by atoms with Crippen LogP contribution in [-0.4, -0.2) is 58.0 Å². The monoisotopic (exact) mass is 323 g/mol. The van der Waals surface area contributed by atoms with Gasteiger partial charge in [0.1, 0.15) is 0 Å². The summed E-state index contributed by atoms with van der Waals surface area (Å²) in [4.78, 5) is 0. The first-order valence-electron chi connectivity index (χ1n) is 7.48. The van der Waals surface area contributed by atoms with E-state index >= 15 is 0 Å². The van der Waals surface area contributed by atoms with Crippen LogP contribution in [0.15, 0.2) is 0 Å². The number of rotatable bonds is 10. The summed E-state index contributed by atoms with van der Waals surface area (Å²) in [5.74, 6) is 1.77. The number of unbranched alkanes of at least 4 members (excludes halogenated alkanes) is 2. The standard InChI is InChI=1S/C13H29N3O2S2/c1-14-12-13-6-9-16(10-7-13)20(17,18)15-8-4-3-5-11-19-2/h13-15H,3-12H2,1-2H3. The molecule has 1 aliphatic rings.